The van der Waals surface area contributed by atoms with Gasteiger partial charge in [-0.15, -0.1) is 0 Å². The lowest BCUT2D eigenvalue weighted by molar-refractivity contribution is 0.483. The Balaban J connectivity index is 2.04. The van der Waals surface area contributed by atoms with Crippen LogP contribution in [0.5, 0.6) is 0 Å². The van der Waals surface area contributed by atoms with Crippen molar-refractivity contribution < 1.29 is 13.0 Å². The summed E-state index contributed by atoms with van der Waals surface area (Å²) in [5.41, 5.74) is 4.04. The fourth-order valence-electron chi connectivity index (χ4n) is 4.15. The highest BCUT2D eigenvalue weighted by molar-refractivity contribution is 7.85. The fourth-order valence-corrected chi connectivity index (χ4v) is 4.66. The molecule has 0 unspecified atom stereocenters. The van der Waals surface area contributed by atoms with Crippen molar-refractivity contribution in [2.75, 3.05) is 0 Å². The zero-order valence-electron chi connectivity index (χ0n) is 16.0. The quantitative estimate of drug-likeness (QED) is 0.270. The van der Waals surface area contributed by atoms with Gasteiger partial charge in [0, 0.05) is 0 Å². The number of benzene rings is 5. The lowest BCUT2D eigenvalue weighted by Crippen LogP contribution is -1.99. The van der Waals surface area contributed by atoms with Crippen molar-refractivity contribution in [3.05, 3.63) is 103 Å². The molecule has 0 aliphatic rings. The van der Waals surface area contributed by atoms with Gasteiger partial charge in [-0.2, -0.15) is 8.42 Å². The second-order valence-corrected chi connectivity index (χ2v) is 8.63. The Hall–Kier alpha value is -3.47. The van der Waals surface area contributed by atoms with Crippen LogP contribution in [0.3, 0.4) is 0 Å². The Labute approximate surface area is 175 Å². The molecule has 30 heavy (non-hydrogen) atoms. The second-order valence-electron chi connectivity index (χ2n) is 7.21. The first-order valence-electron chi connectivity index (χ1n) is 9.61. The van der Waals surface area contributed by atoms with Crippen molar-refractivity contribution in [1.29, 1.82) is 0 Å². The van der Waals surface area contributed by atoms with Crippen LogP contribution in [0.1, 0.15) is 0 Å². The third kappa shape index (κ3) is 3.07. The van der Waals surface area contributed by atoms with E-state index in [2.05, 4.69) is 24.3 Å². The lowest BCUT2D eigenvalue weighted by Gasteiger charge is -2.18. The molecule has 0 saturated carbocycles. The summed E-state index contributed by atoms with van der Waals surface area (Å²) in [5.74, 6) is 0. The van der Waals surface area contributed by atoms with Crippen molar-refractivity contribution in [2.45, 2.75) is 4.90 Å². The first-order valence-corrected chi connectivity index (χ1v) is 11.0. The summed E-state index contributed by atoms with van der Waals surface area (Å²) in [6.07, 6.45) is 0. The van der Waals surface area contributed by atoms with E-state index in [1.165, 1.54) is 6.07 Å². The molecule has 5 rings (SSSR count). The molecule has 0 aliphatic heterocycles. The summed E-state index contributed by atoms with van der Waals surface area (Å²) in [7, 11) is -4.32. The van der Waals surface area contributed by atoms with Crippen molar-refractivity contribution in [3.63, 3.8) is 0 Å². The predicted molar refractivity (Wildman–Crippen MR) is 122 cm³/mol. The minimum atomic E-state index is -4.32. The minimum absolute atomic E-state index is 0.110. The smallest absolute Gasteiger partial charge is 0.282 e. The van der Waals surface area contributed by atoms with Gasteiger partial charge in [-0.25, -0.2) is 0 Å². The van der Waals surface area contributed by atoms with Gasteiger partial charge in [0.15, 0.2) is 0 Å². The summed E-state index contributed by atoms with van der Waals surface area (Å²) in [4.78, 5) is -0.110. The molecular formula is C26H18O3S. The summed E-state index contributed by atoms with van der Waals surface area (Å²) in [5, 5.41) is 3.84. The molecule has 0 heterocycles. The normalized spacial score (nSPS) is 11.8. The Bertz CT molecular complexity index is 1490. The van der Waals surface area contributed by atoms with Gasteiger partial charge in [0.05, 0.1) is 4.90 Å². The molecule has 0 atom stereocenters. The average molecular weight is 410 g/mol. The highest BCUT2D eigenvalue weighted by atomic mass is 32.2. The fraction of sp³-hybridized carbons (Fsp3) is 0. The summed E-state index contributed by atoms with van der Waals surface area (Å²) < 4.78 is 33.5. The van der Waals surface area contributed by atoms with Gasteiger partial charge in [-0.05, 0) is 55.9 Å². The Kier molecular flexibility index (Phi) is 4.39. The maximum absolute atomic E-state index is 11.9. The molecule has 0 radical (unpaired) electrons. The molecule has 3 nitrogen and oxygen atoms in total. The van der Waals surface area contributed by atoms with E-state index >= 15 is 0 Å². The summed E-state index contributed by atoms with van der Waals surface area (Å²) in [6.45, 7) is 0. The van der Waals surface area contributed by atoms with E-state index in [-0.39, 0.29) is 4.90 Å². The Morgan fingerprint density at radius 2 is 0.933 bits per heavy atom. The maximum Gasteiger partial charge on any atom is 0.294 e. The number of hydrogen-bond donors (Lipinski definition) is 1. The molecule has 1 N–H and O–H groups in total. The SMILES string of the molecule is O=S(=O)(O)c1ccc2c(-c3ccccc3)c3ccccc3c(-c3ccccc3)c2c1. The predicted octanol–water partition coefficient (Wildman–Crippen LogP) is 6.57. The monoisotopic (exact) mass is 410 g/mol. The molecule has 0 bridgehead atoms. The van der Waals surface area contributed by atoms with E-state index in [0.717, 1.165) is 43.8 Å². The average Bonchev–Trinajstić information content (AvgIpc) is 2.77. The molecule has 0 aromatic heterocycles. The van der Waals surface area contributed by atoms with Crippen LogP contribution in [-0.2, 0) is 10.1 Å². The second kappa shape index (κ2) is 7.10. The van der Waals surface area contributed by atoms with Crippen molar-refractivity contribution in [2.24, 2.45) is 0 Å². The largest absolute Gasteiger partial charge is 0.294 e. The van der Waals surface area contributed by atoms with Crippen LogP contribution in [-0.4, -0.2) is 13.0 Å². The van der Waals surface area contributed by atoms with Crippen LogP contribution < -0.4 is 0 Å². The van der Waals surface area contributed by atoms with Gasteiger partial charge in [0.25, 0.3) is 10.1 Å². The highest BCUT2D eigenvalue weighted by Crippen LogP contribution is 2.44. The standard InChI is InChI=1S/C26H18O3S/c27-30(28,29)20-15-16-23-24(17-20)26(19-11-5-2-6-12-19)22-14-8-7-13-21(22)25(23)18-9-3-1-4-10-18/h1-17H,(H,27,28,29). The van der Waals surface area contributed by atoms with Gasteiger partial charge < -0.3 is 0 Å². The number of rotatable bonds is 3. The molecule has 5 aromatic rings. The van der Waals surface area contributed by atoms with Gasteiger partial charge in [0.1, 0.15) is 0 Å². The molecule has 146 valence electrons. The van der Waals surface area contributed by atoms with Crippen LogP contribution in [0.2, 0.25) is 0 Å². The van der Waals surface area contributed by atoms with E-state index in [0.29, 0.717) is 0 Å². The van der Waals surface area contributed by atoms with Crippen molar-refractivity contribution in [3.8, 4) is 22.3 Å². The molecule has 5 aromatic carbocycles. The van der Waals surface area contributed by atoms with Crippen molar-refractivity contribution in [1.82, 2.24) is 0 Å². The molecule has 0 aliphatic carbocycles. The minimum Gasteiger partial charge on any atom is -0.282 e. The summed E-state index contributed by atoms with van der Waals surface area (Å²) in [6, 6.07) is 33.0. The Morgan fingerprint density at radius 1 is 0.500 bits per heavy atom. The van der Waals surface area contributed by atoms with Gasteiger partial charge in [0.2, 0.25) is 0 Å². The topological polar surface area (TPSA) is 54.4 Å². The zero-order chi connectivity index (χ0) is 20.7. The van der Waals surface area contributed by atoms with E-state index in [9.17, 15) is 13.0 Å². The van der Waals surface area contributed by atoms with Crippen LogP contribution in [0.25, 0.3) is 43.8 Å². The molecule has 0 fully saturated rings. The highest BCUT2D eigenvalue weighted by Gasteiger charge is 2.19. The van der Waals surface area contributed by atoms with Crippen LogP contribution in [0.4, 0.5) is 0 Å². The first-order chi connectivity index (χ1) is 14.5. The van der Waals surface area contributed by atoms with Gasteiger partial charge in [-0.3, -0.25) is 4.55 Å². The van der Waals surface area contributed by atoms with E-state index in [1.54, 1.807) is 12.1 Å². The number of hydrogen-bond acceptors (Lipinski definition) is 2. The molecule has 0 saturated heterocycles. The first kappa shape index (κ1) is 18.6. The van der Waals surface area contributed by atoms with Crippen LogP contribution in [0.15, 0.2) is 108 Å². The van der Waals surface area contributed by atoms with Gasteiger partial charge in [-0.1, -0.05) is 91.0 Å². The molecule has 4 heteroatoms. The third-order valence-electron chi connectivity index (χ3n) is 5.42. The Morgan fingerprint density at radius 3 is 1.43 bits per heavy atom. The van der Waals surface area contributed by atoms with Crippen LogP contribution >= 0.6 is 0 Å². The van der Waals surface area contributed by atoms with E-state index in [4.69, 9.17) is 0 Å². The third-order valence-corrected chi connectivity index (χ3v) is 6.27. The van der Waals surface area contributed by atoms with Gasteiger partial charge >= 0.3 is 0 Å². The molecule has 0 spiro atoms. The zero-order valence-corrected chi connectivity index (χ0v) is 16.8. The maximum atomic E-state index is 11.9. The van der Waals surface area contributed by atoms with E-state index in [1.807, 2.05) is 60.7 Å². The molecular weight excluding hydrogens is 392 g/mol. The lowest BCUT2D eigenvalue weighted by atomic mass is 9.86. The van der Waals surface area contributed by atoms with E-state index < -0.39 is 10.1 Å². The van der Waals surface area contributed by atoms with Crippen LogP contribution in [0, 0.1) is 0 Å². The summed E-state index contributed by atoms with van der Waals surface area (Å²) >= 11 is 0. The van der Waals surface area contributed by atoms with Crippen molar-refractivity contribution >= 4 is 31.7 Å². The number of fused-ring (bicyclic) bond motifs is 2. The molecule has 0 amide bonds.